The molecular formula is C21H21F2NO3. The van der Waals surface area contributed by atoms with Gasteiger partial charge in [-0.2, -0.15) is 0 Å². The van der Waals surface area contributed by atoms with E-state index in [9.17, 15) is 18.7 Å². The van der Waals surface area contributed by atoms with Crippen LogP contribution in [-0.4, -0.2) is 47.4 Å². The molecule has 2 aliphatic rings. The van der Waals surface area contributed by atoms with Crippen molar-refractivity contribution >= 4 is 5.91 Å². The van der Waals surface area contributed by atoms with Gasteiger partial charge in [0.15, 0.2) is 0 Å². The maximum Gasteiger partial charge on any atom is 0.252 e. The van der Waals surface area contributed by atoms with E-state index in [0.29, 0.717) is 13.0 Å². The van der Waals surface area contributed by atoms with Crippen molar-refractivity contribution < 1.29 is 23.4 Å². The van der Waals surface area contributed by atoms with Crippen molar-refractivity contribution in [2.75, 3.05) is 13.2 Å². The highest BCUT2D eigenvalue weighted by Crippen LogP contribution is 2.36. The highest BCUT2D eigenvalue weighted by molar-refractivity contribution is 5.82. The molecule has 2 aromatic carbocycles. The van der Waals surface area contributed by atoms with Crippen molar-refractivity contribution in [3.63, 3.8) is 0 Å². The topological polar surface area (TPSA) is 49.8 Å². The largest absolute Gasteiger partial charge is 0.390 e. The first-order chi connectivity index (χ1) is 13.0. The quantitative estimate of drug-likeness (QED) is 0.881. The fourth-order valence-electron chi connectivity index (χ4n) is 3.92. The molecule has 142 valence electrons. The SMILES string of the molecule is O=C([C@H]1C[C@H](O)[C@@H](F)CO1)N1CCc2ccccc2[C@@H]1c1ccc(F)cc1. The normalized spacial score (nSPS) is 27.9. The number of alkyl halides is 1. The molecule has 0 saturated carbocycles. The zero-order chi connectivity index (χ0) is 19.0. The number of amides is 1. The van der Waals surface area contributed by atoms with Crippen molar-refractivity contribution in [3.05, 3.63) is 71.0 Å². The van der Waals surface area contributed by atoms with Crippen molar-refractivity contribution in [1.29, 1.82) is 0 Å². The first kappa shape index (κ1) is 18.1. The fraction of sp³-hybridized carbons (Fsp3) is 0.381. The number of hydrogen-bond donors (Lipinski definition) is 1. The first-order valence-electron chi connectivity index (χ1n) is 9.12. The molecule has 0 bridgehead atoms. The summed E-state index contributed by atoms with van der Waals surface area (Å²) in [7, 11) is 0. The molecule has 1 N–H and O–H groups in total. The molecule has 0 radical (unpaired) electrons. The van der Waals surface area contributed by atoms with Crippen LogP contribution >= 0.6 is 0 Å². The molecule has 1 fully saturated rings. The molecule has 6 heteroatoms. The van der Waals surface area contributed by atoms with E-state index >= 15 is 0 Å². The second-order valence-electron chi connectivity index (χ2n) is 7.08. The number of ether oxygens (including phenoxy) is 1. The highest BCUT2D eigenvalue weighted by Gasteiger charge is 2.40. The van der Waals surface area contributed by atoms with Crippen molar-refractivity contribution in [2.45, 2.75) is 37.3 Å². The summed E-state index contributed by atoms with van der Waals surface area (Å²) in [5, 5.41) is 9.80. The van der Waals surface area contributed by atoms with E-state index < -0.39 is 18.4 Å². The molecule has 0 aliphatic carbocycles. The lowest BCUT2D eigenvalue weighted by Gasteiger charge is -2.40. The Kier molecular flexibility index (Phi) is 4.93. The number of fused-ring (bicyclic) bond motifs is 1. The molecule has 0 aromatic heterocycles. The number of aliphatic hydroxyl groups excluding tert-OH is 1. The van der Waals surface area contributed by atoms with Gasteiger partial charge in [0, 0.05) is 13.0 Å². The van der Waals surface area contributed by atoms with Crippen LogP contribution in [0.2, 0.25) is 0 Å². The number of benzene rings is 2. The standard InChI is InChI=1S/C21H21F2NO3/c22-15-7-5-14(6-8-15)20-16-4-2-1-3-13(16)9-10-24(20)21(26)19-11-18(25)17(23)12-27-19/h1-8,17-20,25H,9-12H2/t17-,18-,19+,20-/m0/s1. The third-order valence-corrected chi connectivity index (χ3v) is 5.36. The second kappa shape index (κ2) is 7.37. The molecule has 2 aromatic rings. The van der Waals surface area contributed by atoms with Crippen molar-refractivity contribution in [1.82, 2.24) is 4.90 Å². The van der Waals surface area contributed by atoms with Crippen LogP contribution < -0.4 is 0 Å². The van der Waals surface area contributed by atoms with E-state index in [1.165, 1.54) is 12.1 Å². The third-order valence-electron chi connectivity index (χ3n) is 5.36. The predicted octanol–water partition coefficient (Wildman–Crippen LogP) is 2.79. The summed E-state index contributed by atoms with van der Waals surface area (Å²) in [6.07, 6.45) is -2.91. The number of nitrogens with zero attached hydrogens (tertiary/aromatic N) is 1. The minimum absolute atomic E-state index is 0.0612. The minimum atomic E-state index is -1.47. The lowest BCUT2D eigenvalue weighted by molar-refractivity contribution is -0.159. The molecule has 4 rings (SSSR count). The number of aliphatic hydroxyl groups is 1. The van der Waals surface area contributed by atoms with Crippen LogP contribution in [0.1, 0.15) is 29.2 Å². The van der Waals surface area contributed by atoms with Crippen molar-refractivity contribution in [2.24, 2.45) is 0 Å². The van der Waals surface area contributed by atoms with Crippen LogP contribution in [0.3, 0.4) is 0 Å². The Morgan fingerprint density at radius 2 is 1.89 bits per heavy atom. The van der Waals surface area contributed by atoms with Gasteiger partial charge in [-0.25, -0.2) is 8.78 Å². The Morgan fingerprint density at radius 1 is 1.15 bits per heavy atom. The molecular weight excluding hydrogens is 352 g/mol. The van der Waals surface area contributed by atoms with Gasteiger partial charge in [-0.15, -0.1) is 0 Å². The van der Waals surface area contributed by atoms with Gasteiger partial charge in [-0.05, 0) is 35.2 Å². The molecule has 1 amide bonds. The van der Waals surface area contributed by atoms with Crippen LogP contribution in [0, 0.1) is 5.82 Å². The number of rotatable bonds is 2. The van der Waals surface area contributed by atoms with E-state index in [2.05, 4.69) is 0 Å². The van der Waals surface area contributed by atoms with E-state index in [-0.39, 0.29) is 30.8 Å². The van der Waals surface area contributed by atoms with Crippen LogP contribution in [0.5, 0.6) is 0 Å². The maximum atomic E-state index is 13.5. The van der Waals surface area contributed by atoms with Crippen LogP contribution in [0.4, 0.5) is 8.78 Å². The summed E-state index contributed by atoms with van der Waals surface area (Å²) in [4.78, 5) is 14.9. The second-order valence-corrected chi connectivity index (χ2v) is 7.08. The van der Waals surface area contributed by atoms with Gasteiger partial charge in [0.25, 0.3) is 5.91 Å². The van der Waals surface area contributed by atoms with Crippen LogP contribution in [-0.2, 0) is 16.0 Å². The van der Waals surface area contributed by atoms with E-state index in [0.717, 1.165) is 16.7 Å². The first-order valence-corrected chi connectivity index (χ1v) is 9.12. The zero-order valence-corrected chi connectivity index (χ0v) is 14.7. The Labute approximate surface area is 156 Å². The Bertz CT molecular complexity index is 826. The number of hydrogen-bond acceptors (Lipinski definition) is 3. The molecule has 4 atom stereocenters. The summed E-state index contributed by atoms with van der Waals surface area (Å²) in [6.45, 7) is 0.191. The van der Waals surface area contributed by atoms with Gasteiger partial charge in [0.2, 0.25) is 0 Å². The average Bonchev–Trinajstić information content (AvgIpc) is 2.69. The molecule has 0 spiro atoms. The van der Waals surface area contributed by atoms with Gasteiger partial charge >= 0.3 is 0 Å². The lowest BCUT2D eigenvalue weighted by Crippen LogP contribution is -2.50. The Morgan fingerprint density at radius 3 is 2.63 bits per heavy atom. The molecule has 2 aliphatic heterocycles. The summed E-state index contributed by atoms with van der Waals surface area (Å²) in [5.74, 6) is -0.613. The average molecular weight is 373 g/mol. The Hall–Kier alpha value is -2.31. The predicted molar refractivity (Wildman–Crippen MR) is 95.4 cm³/mol. The third kappa shape index (κ3) is 3.47. The van der Waals surface area contributed by atoms with Gasteiger partial charge in [-0.3, -0.25) is 4.79 Å². The summed E-state index contributed by atoms with van der Waals surface area (Å²) >= 11 is 0. The minimum Gasteiger partial charge on any atom is -0.390 e. The van der Waals surface area contributed by atoms with E-state index in [1.807, 2.05) is 24.3 Å². The van der Waals surface area contributed by atoms with Gasteiger partial charge in [-0.1, -0.05) is 36.4 Å². The van der Waals surface area contributed by atoms with Crippen LogP contribution in [0.15, 0.2) is 48.5 Å². The smallest absolute Gasteiger partial charge is 0.252 e. The fourth-order valence-corrected chi connectivity index (χ4v) is 3.92. The number of carbonyl (C=O) groups is 1. The van der Waals surface area contributed by atoms with Crippen LogP contribution in [0.25, 0.3) is 0 Å². The number of halogens is 2. The molecule has 2 heterocycles. The van der Waals surface area contributed by atoms with Gasteiger partial charge in [0.05, 0.1) is 18.8 Å². The summed E-state index contributed by atoms with van der Waals surface area (Å²) in [6, 6.07) is 13.6. The molecule has 0 unspecified atom stereocenters. The Balaban J connectivity index is 1.68. The van der Waals surface area contributed by atoms with Gasteiger partial charge in [0.1, 0.15) is 18.1 Å². The highest BCUT2D eigenvalue weighted by atomic mass is 19.1. The molecule has 27 heavy (non-hydrogen) atoms. The molecule has 4 nitrogen and oxygen atoms in total. The number of carbonyl (C=O) groups excluding carboxylic acids is 1. The summed E-state index contributed by atoms with van der Waals surface area (Å²) in [5.41, 5.74) is 2.93. The van der Waals surface area contributed by atoms with Gasteiger partial charge < -0.3 is 14.7 Å². The zero-order valence-electron chi connectivity index (χ0n) is 14.7. The summed E-state index contributed by atoms with van der Waals surface area (Å²) < 4.78 is 32.3. The molecule has 1 saturated heterocycles. The maximum absolute atomic E-state index is 13.5. The monoisotopic (exact) mass is 373 g/mol. The van der Waals surface area contributed by atoms with Crippen molar-refractivity contribution in [3.8, 4) is 0 Å². The lowest BCUT2D eigenvalue weighted by atomic mass is 9.87. The van der Waals surface area contributed by atoms with E-state index in [4.69, 9.17) is 4.74 Å². The van der Waals surface area contributed by atoms with E-state index in [1.54, 1.807) is 17.0 Å².